The summed E-state index contributed by atoms with van der Waals surface area (Å²) in [6.45, 7) is 0.830. The van der Waals surface area contributed by atoms with E-state index in [1.165, 1.54) is 12.7 Å². The lowest BCUT2D eigenvalue weighted by molar-refractivity contribution is -0.143. The molecule has 1 atom stereocenters. The minimum Gasteiger partial charge on any atom is -0.468 e. The maximum absolute atomic E-state index is 11.4. The lowest BCUT2D eigenvalue weighted by atomic mass is 9.94. The van der Waals surface area contributed by atoms with Crippen molar-refractivity contribution in [2.45, 2.75) is 12.5 Å². The van der Waals surface area contributed by atoms with Crippen LogP contribution in [0.3, 0.4) is 0 Å². The first-order valence-electron chi connectivity index (χ1n) is 4.72. The van der Waals surface area contributed by atoms with E-state index in [9.17, 15) is 4.79 Å². The Morgan fingerprint density at radius 2 is 2.20 bits per heavy atom. The minimum absolute atomic E-state index is 0. The van der Waals surface area contributed by atoms with Gasteiger partial charge in [-0.1, -0.05) is 24.3 Å². The molecular weight excluding hydrogens is 214 g/mol. The molecule has 0 radical (unpaired) electrons. The van der Waals surface area contributed by atoms with Crippen LogP contribution in [-0.2, 0) is 16.0 Å². The van der Waals surface area contributed by atoms with E-state index < -0.39 is 0 Å². The molecule has 0 bridgehead atoms. The molecule has 1 N–H and O–H groups in total. The van der Waals surface area contributed by atoms with Gasteiger partial charge >= 0.3 is 5.97 Å². The number of carbonyl (C=O) groups is 1. The van der Waals surface area contributed by atoms with Crippen molar-refractivity contribution in [3.05, 3.63) is 35.4 Å². The predicted octanol–water partition coefficient (Wildman–Crippen LogP) is 1.47. The summed E-state index contributed by atoms with van der Waals surface area (Å²) in [6.07, 6.45) is 0.976. The van der Waals surface area contributed by atoms with Crippen LogP contribution in [0.15, 0.2) is 24.3 Å². The molecule has 1 aromatic rings. The third-order valence-electron chi connectivity index (χ3n) is 2.55. The quantitative estimate of drug-likeness (QED) is 0.739. The van der Waals surface area contributed by atoms with E-state index in [4.69, 9.17) is 4.74 Å². The Morgan fingerprint density at radius 3 is 2.93 bits per heavy atom. The molecule has 1 aliphatic rings. The number of fused-ring (bicyclic) bond motifs is 1. The number of rotatable bonds is 1. The summed E-state index contributed by atoms with van der Waals surface area (Å²) in [5.74, 6) is -0.211. The van der Waals surface area contributed by atoms with Crippen molar-refractivity contribution in [3.63, 3.8) is 0 Å². The van der Waals surface area contributed by atoms with E-state index in [1.807, 2.05) is 18.2 Å². The molecule has 15 heavy (non-hydrogen) atoms. The Morgan fingerprint density at radius 1 is 1.47 bits per heavy atom. The van der Waals surface area contributed by atoms with E-state index in [0.717, 1.165) is 18.5 Å². The fraction of sp³-hybridized carbons (Fsp3) is 0.364. The Bertz CT molecular complexity index is 354. The first kappa shape index (κ1) is 12.0. The van der Waals surface area contributed by atoms with Crippen LogP contribution in [0.1, 0.15) is 17.2 Å². The average molecular weight is 228 g/mol. The SMILES string of the molecule is COC(=O)C1NCCc2ccccc21.Cl. The fourth-order valence-corrected chi connectivity index (χ4v) is 1.83. The maximum atomic E-state index is 11.4. The molecule has 0 spiro atoms. The van der Waals surface area contributed by atoms with Gasteiger partial charge in [-0.15, -0.1) is 12.4 Å². The van der Waals surface area contributed by atoms with Crippen LogP contribution < -0.4 is 5.32 Å². The summed E-state index contributed by atoms with van der Waals surface area (Å²) in [5, 5.41) is 3.15. The van der Waals surface area contributed by atoms with Crippen LogP contribution in [0, 0.1) is 0 Å². The molecule has 2 rings (SSSR count). The minimum atomic E-state index is -0.287. The smallest absolute Gasteiger partial charge is 0.327 e. The van der Waals surface area contributed by atoms with E-state index in [1.54, 1.807) is 0 Å². The second-order valence-corrected chi connectivity index (χ2v) is 3.36. The highest BCUT2D eigenvalue weighted by molar-refractivity contribution is 5.85. The van der Waals surface area contributed by atoms with Crippen LogP contribution >= 0.6 is 12.4 Å². The van der Waals surface area contributed by atoms with Gasteiger partial charge in [-0.05, 0) is 17.5 Å². The molecule has 82 valence electrons. The van der Waals surface area contributed by atoms with Gasteiger partial charge in [0.15, 0.2) is 0 Å². The summed E-state index contributed by atoms with van der Waals surface area (Å²) in [6, 6.07) is 7.69. The lowest BCUT2D eigenvalue weighted by Gasteiger charge is -2.24. The van der Waals surface area contributed by atoms with E-state index >= 15 is 0 Å². The summed E-state index contributed by atoms with van der Waals surface area (Å²) in [4.78, 5) is 11.4. The number of esters is 1. The number of ether oxygens (including phenoxy) is 1. The van der Waals surface area contributed by atoms with E-state index in [0.29, 0.717) is 0 Å². The van der Waals surface area contributed by atoms with Crippen molar-refractivity contribution < 1.29 is 9.53 Å². The molecule has 0 aliphatic carbocycles. The van der Waals surface area contributed by atoms with Crippen molar-refractivity contribution >= 4 is 18.4 Å². The average Bonchev–Trinajstić information content (AvgIpc) is 2.27. The molecule has 0 amide bonds. The number of nitrogens with one attached hydrogen (secondary N) is 1. The van der Waals surface area contributed by atoms with Crippen LogP contribution in [0.5, 0.6) is 0 Å². The lowest BCUT2D eigenvalue weighted by Crippen LogP contribution is -2.35. The molecular formula is C11H14ClNO2. The molecule has 4 heteroatoms. The number of halogens is 1. The van der Waals surface area contributed by atoms with Crippen molar-refractivity contribution in [1.29, 1.82) is 0 Å². The number of hydrogen-bond donors (Lipinski definition) is 1. The zero-order valence-electron chi connectivity index (χ0n) is 8.53. The van der Waals surface area contributed by atoms with E-state index in [-0.39, 0.29) is 24.4 Å². The van der Waals surface area contributed by atoms with Gasteiger partial charge in [0.1, 0.15) is 6.04 Å². The monoisotopic (exact) mass is 227 g/mol. The second-order valence-electron chi connectivity index (χ2n) is 3.36. The Labute approximate surface area is 95.2 Å². The molecule has 1 aromatic carbocycles. The molecule has 1 aliphatic heterocycles. The Kier molecular flexibility index (Phi) is 4.12. The number of methoxy groups -OCH3 is 1. The normalized spacial score (nSPS) is 18.6. The molecule has 1 unspecified atom stereocenters. The van der Waals surface area contributed by atoms with Crippen LogP contribution in [-0.4, -0.2) is 19.6 Å². The van der Waals surface area contributed by atoms with Crippen molar-refractivity contribution in [2.75, 3.05) is 13.7 Å². The van der Waals surface area contributed by atoms with Gasteiger partial charge < -0.3 is 10.1 Å². The standard InChI is InChI=1S/C11H13NO2.ClH/c1-14-11(13)10-9-5-3-2-4-8(9)6-7-12-10;/h2-5,10,12H,6-7H2,1H3;1H. The highest BCUT2D eigenvalue weighted by Crippen LogP contribution is 2.23. The third kappa shape index (κ3) is 2.30. The molecule has 0 saturated carbocycles. The highest BCUT2D eigenvalue weighted by atomic mass is 35.5. The van der Waals surface area contributed by atoms with Gasteiger partial charge in [-0.2, -0.15) is 0 Å². The first-order chi connectivity index (χ1) is 6.83. The summed E-state index contributed by atoms with van der Waals surface area (Å²) >= 11 is 0. The molecule has 0 fully saturated rings. The number of hydrogen-bond acceptors (Lipinski definition) is 3. The summed E-state index contributed by atoms with van der Waals surface area (Å²) in [7, 11) is 1.42. The highest BCUT2D eigenvalue weighted by Gasteiger charge is 2.25. The first-order valence-corrected chi connectivity index (χ1v) is 4.72. The van der Waals surface area contributed by atoms with E-state index in [2.05, 4.69) is 11.4 Å². The number of benzene rings is 1. The van der Waals surface area contributed by atoms with Gasteiger partial charge in [-0.25, -0.2) is 4.79 Å². The van der Waals surface area contributed by atoms with Crippen molar-refractivity contribution in [2.24, 2.45) is 0 Å². The van der Waals surface area contributed by atoms with Crippen molar-refractivity contribution in [1.82, 2.24) is 5.32 Å². The second kappa shape index (κ2) is 5.14. The van der Waals surface area contributed by atoms with Gasteiger partial charge in [0, 0.05) is 6.54 Å². The maximum Gasteiger partial charge on any atom is 0.327 e. The topological polar surface area (TPSA) is 38.3 Å². The molecule has 3 nitrogen and oxygen atoms in total. The van der Waals surface area contributed by atoms with Crippen LogP contribution in [0.4, 0.5) is 0 Å². The van der Waals surface area contributed by atoms with Gasteiger partial charge in [0.05, 0.1) is 7.11 Å². The Hall–Kier alpha value is -1.06. The predicted molar refractivity (Wildman–Crippen MR) is 60.2 cm³/mol. The summed E-state index contributed by atoms with van der Waals surface area (Å²) in [5.41, 5.74) is 2.28. The fourth-order valence-electron chi connectivity index (χ4n) is 1.83. The molecule has 0 aromatic heterocycles. The largest absolute Gasteiger partial charge is 0.468 e. The van der Waals surface area contributed by atoms with Crippen LogP contribution in [0.2, 0.25) is 0 Å². The zero-order valence-corrected chi connectivity index (χ0v) is 9.34. The Balaban J connectivity index is 0.00000112. The van der Waals surface area contributed by atoms with Gasteiger partial charge in [0.25, 0.3) is 0 Å². The van der Waals surface area contributed by atoms with Gasteiger partial charge in [-0.3, -0.25) is 0 Å². The zero-order chi connectivity index (χ0) is 9.97. The van der Waals surface area contributed by atoms with Crippen LogP contribution in [0.25, 0.3) is 0 Å². The molecule has 0 saturated heterocycles. The van der Waals surface area contributed by atoms with Crippen molar-refractivity contribution in [3.8, 4) is 0 Å². The number of carbonyl (C=O) groups excluding carboxylic acids is 1. The molecule has 1 heterocycles. The van der Waals surface area contributed by atoms with Gasteiger partial charge in [0.2, 0.25) is 0 Å². The third-order valence-corrected chi connectivity index (χ3v) is 2.55. The summed E-state index contributed by atoms with van der Waals surface area (Å²) < 4.78 is 4.75.